The van der Waals surface area contributed by atoms with Gasteiger partial charge >= 0.3 is 6.09 Å². The van der Waals surface area contributed by atoms with E-state index in [2.05, 4.69) is 50.8 Å². The number of anilines is 3. The monoisotopic (exact) mass is 715 g/mol. The molecule has 0 bridgehead atoms. The second-order valence-electron chi connectivity index (χ2n) is 13.5. The number of carbonyl (C=O) groups is 1. The van der Waals surface area contributed by atoms with Crippen LogP contribution in [0.15, 0.2) is 30.5 Å². The largest absolute Gasteiger partial charge is 0.444 e. The number of amides is 1. The quantitative estimate of drug-likeness (QED) is 0.178. The van der Waals surface area contributed by atoms with Gasteiger partial charge in [0.25, 0.3) is 0 Å². The van der Waals surface area contributed by atoms with Crippen LogP contribution in [0.1, 0.15) is 49.6 Å². The number of nitrogens with zero attached hydrogens (tertiary/aromatic N) is 7. The number of likely N-dealkylation sites (N-methyl/N-ethyl adjacent to an activating group) is 1. The topological polar surface area (TPSA) is 141 Å². The van der Waals surface area contributed by atoms with Crippen molar-refractivity contribution >= 4 is 66.8 Å². The van der Waals surface area contributed by atoms with Gasteiger partial charge in [-0.25, -0.2) is 14.2 Å². The molecule has 2 N–H and O–H groups in total. The zero-order valence-electron chi connectivity index (χ0n) is 28.2. The first-order valence-corrected chi connectivity index (χ1v) is 17.3. The van der Waals surface area contributed by atoms with Crippen molar-refractivity contribution in [3.05, 3.63) is 63.7 Å². The summed E-state index contributed by atoms with van der Waals surface area (Å²) < 4.78 is 28.3. The third-order valence-corrected chi connectivity index (χ3v) is 10.2. The summed E-state index contributed by atoms with van der Waals surface area (Å²) in [7, 11) is 4.11. The van der Waals surface area contributed by atoms with Crippen molar-refractivity contribution in [1.82, 2.24) is 25.1 Å². The predicted molar refractivity (Wildman–Crippen MR) is 192 cm³/mol. The van der Waals surface area contributed by atoms with E-state index in [0.717, 1.165) is 42.1 Å². The molecule has 0 unspecified atom stereocenters. The predicted octanol–water partition coefficient (Wildman–Crippen LogP) is 7.10. The molecule has 1 amide bonds. The van der Waals surface area contributed by atoms with Crippen LogP contribution >= 0.6 is 22.9 Å². The molecule has 3 aromatic heterocycles. The third kappa shape index (κ3) is 6.26. The lowest BCUT2D eigenvalue weighted by atomic mass is 9.90. The molecule has 0 radical (unpaired) electrons. The first-order valence-electron chi connectivity index (χ1n) is 16.1. The molecule has 0 aliphatic carbocycles. The molecular weight excluding hydrogens is 681 g/mol. The highest BCUT2D eigenvalue weighted by Crippen LogP contribution is 2.50. The van der Waals surface area contributed by atoms with E-state index in [0.29, 0.717) is 56.5 Å². The van der Waals surface area contributed by atoms with Gasteiger partial charge in [0.2, 0.25) is 5.95 Å². The van der Waals surface area contributed by atoms with Gasteiger partial charge in [0.1, 0.15) is 28.3 Å². The van der Waals surface area contributed by atoms with Crippen molar-refractivity contribution in [2.75, 3.05) is 42.7 Å². The number of halogens is 2. The zero-order chi connectivity index (χ0) is 35.3. The molecule has 1 atom stereocenters. The Morgan fingerprint density at radius 3 is 2.70 bits per heavy atom. The molecule has 258 valence electrons. The Hall–Kier alpha value is -4.68. The lowest BCUT2D eigenvalue weighted by Gasteiger charge is -2.23. The minimum atomic E-state index is -0.755. The maximum absolute atomic E-state index is 16.3. The van der Waals surface area contributed by atoms with E-state index in [-0.39, 0.29) is 34.4 Å². The summed E-state index contributed by atoms with van der Waals surface area (Å²) >= 11 is 8.54. The Morgan fingerprint density at radius 1 is 1.20 bits per heavy atom. The van der Waals surface area contributed by atoms with Crippen molar-refractivity contribution in [2.45, 2.75) is 58.6 Å². The summed E-state index contributed by atoms with van der Waals surface area (Å²) in [5.41, 5.74) is 2.50. The zero-order valence-corrected chi connectivity index (χ0v) is 29.8. The van der Waals surface area contributed by atoms with Crippen LogP contribution < -0.4 is 15.5 Å². The molecule has 0 spiro atoms. The van der Waals surface area contributed by atoms with Gasteiger partial charge in [0.05, 0.1) is 46.9 Å². The molecule has 1 saturated heterocycles. The molecule has 2 aromatic carbocycles. The average molecular weight is 716 g/mol. The Morgan fingerprint density at radius 2 is 2.00 bits per heavy atom. The van der Waals surface area contributed by atoms with Crippen molar-refractivity contribution in [3.8, 4) is 17.2 Å². The van der Waals surface area contributed by atoms with Gasteiger partial charge in [0, 0.05) is 46.5 Å². The summed E-state index contributed by atoms with van der Waals surface area (Å²) in [5.74, 6) is 0.468. The van der Waals surface area contributed by atoms with E-state index in [1.807, 2.05) is 12.1 Å². The van der Waals surface area contributed by atoms with Gasteiger partial charge < -0.3 is 24.6 Å². The van der Waals surface area contributed by atoms with E-state index in [1.54, 1.807) is 33.0 Å². The van der Waals surface area contributed by atoms with Gasteiger partial charge in [-0.1, -0.05) is 11.6 Å². The van der Waals surface area contributed by atoms with Crippen molar-refractivity contribution in [2.24, 2.45) is 0 Å². The fraction of sp³-hybridized carbons (Fsp3) is 0.371. The molecule has 12 nitrogen and oxygen atoms in total. The van der Waals surface area contributed by atoms with Crippen LogP contribution in [0.4, 0.5) is 26.0 Å². The highest BCUT2D eigenvalue weighted by atomic mass is 35.5. The van der Waals surface area contributed by atoms with E-state index in [4.69, 9.17) is 31.0 Å². The van der Waals surface area contributed by atoms with Crippen LogP contribution in [0.5, 0.6) is 0 Å². The molecule has 5 heterocycles. The number of aromatic nitrogens is 4. The third-order valence-electron chi connectivity index (χ3n) is 8.81. The molecular formula is C35H35ClFN9O3S. The number of nitrogens with one attached hydrogen (secondary N) is 2. The Balaban J connectivity index is 1.44. The van der Waals surface area contributed by atoms with E-state index in [1.165, 1.54) is 6.07 Å². The molecule has 5 aromatic rings. The van der Waals surface area contributed by atoms with Crippen LogP contribution in [0.3, 0.4) is 0 Å². The van der Waals surface area contributed by atoms with E-state index >= 15 is 4.39 Å². The maximum Gasteiger partial charge on any atom is 0.412 e. The van der Waals surface area contributed by atoms with Gasteiger partial charge in [-0.15, -0.1) is 11.3 Å². The standard InChI is InChI=1S/C35H35ClFN9O3S/c1-35(2,3)49-34(47)43-32-20(13-38)25-24(50-32)9-8-23(37)28(25)26-21-16-48-17-22(21)27-30(29(26)36)41-33(46-12-10-19(15-46)45(4)5)42-31(27)39-14-18-7-6-11-40-44-18/h6-9,11,19H,10,12,14-17H2,1-5H3,(H,43,47)(H,39,41,42)/t19-/m0/s1. The summed E-state index contributed by atoms with van der Waals surface area (Å²) in [4.78, 5) is 27.1. The second-order valence-corrected chi connectivity index (χ2v) is 14.9. The minimum Gasteiger partial charge on any atom is -0.444 e. The minimum absolute atomic E-state index is 0.107. The number of ether oxygens (including phenoxy) is 2. The van der Waals surface area contributed by atoms with Gasteiger partial charge in [-0.05, 0) is 76.7 Å². The number of hydrogen-bond acceptors (Lipinski definition) is 12. The maximum atomic E-state index is 16.3. The second kappa shape index (κ2) is 13.2. The molecule has 50 heavy (non-hydrogen) atoms. The number of hydrogen-bond donors (Lipinski definition) is 2. The highest BCUT2D eigenvalue weighted by Gasteiger charge is 2.33. The van der Waals surface area contributed by atoms with Crippen molar-refractivity contribution in [3.63, 3.8) is 0 Å². The number of rotatable bonds is 7. The molecule has 15 heteroatoms. The van der Waals surface area contributed by atoms with E-state index < -0.39 is 17.5 Å². The molecule has 2 aliphatic rings. The van der Waals surface area contributed by atoms with E-state index in [9.17, 15) is 10.1 Å². The van der Waals surface area contributed by atoms with Crippen molar-refractivity contribution in [1.29, 1.82) is 5.26 Å². The summed E-state index contributed by atoms with van der Waals surface area (Å²) in [6.07, 6.45) is 1.84. The molecule has 1 fully saturated rings. The fourth-order valence-electron chi connectivity index (χ4n) is 6.50. The number of benzene rings is 2. The summed E-state index contributed by atoms with van der Waals surface area (Å²) in [6.45, 7) is 7.44. The van der Waals surface area contributed by atoms with Gasteiger partial charge in [-0.2, -0.15) is 20.4 Å². The SMILES string of the molecule is CN(C)[C@H]1CCN(c2nc(NCc3cccnn3)c3c4c(c(-c5c(F)ccc6sc(NC(=O)OC(C)(C)C)c(C#N)c56)c(Cl)c3n2)COC4)C1. The Labute approximate surface area is 297 Å². The fourth-order valence-corrected chi connectivity index (χ4v) is 7.89. The normalized spacial score (nSPS) is 15.9. The van der Waals surface area contributed by atoms with Crippen LogP contribution in [0, 0.1) is 17.1 Å². The summed E-state index contributed by atoms with van der Waals surface area (Å²) in [6, 6.07) is 9.14. The number of thiophene rings is 1. The highest BCUT2D eigenvalue weighted by molar-refractivity contribution is 7.23. The van der Waals surface area contributed by atoms with Crippen LogP contribution in [0.2, 0.25) is 5.02 Å². The number of fused-ring (bicyclic) bond motifs is 4. The number of carbonyl (C=O) groups excluding carboxylic acids is 1. The molecule has 0 saturated carbocycles. The molecule has 2 aliphatic heterocycles. The van der Waals surface area contributed by atoms with Crippen LogP contribution in [0.25, 0.3) is 32.1 Å². The molecule has 7 rings (SSSR count). The lowest BCUT2D eigenvalue weighted by Crippen LogP contribution is -2.32. The smallest absolute Gasteiger partial charge is 0.412 e. The van der Waals surface area contributed by atoms with Gasteiger partial charge in [-0.3, -0.25) is 5.32 Å². The van der Waals surface area contributed by atoms with Gasteiger partial charge in [0.15, 0.2) is 0 Å². The summed E-state index contributed by atoms with van der Waals surface area (Å²) in [5, 5.41) is 26.2. The lowest BCUT2D eigenvalue weighted by molar-refractivity contribution is 0.0636. The average Bonchev–Trinajstić information content (AvgIpc) is 3.83. The van der Waals surface area contributed by atoms with Crippen molar-refractivity contribution < 1.29 is 18.7 Å². The first-order chi connectivity index (χ1) is 23.9. The number of nitriles is 1. The Bertz CT molecular complexity index is 2180. The van der Waals surface area contributed by atoms with Crippen LogP contribution in [-0.4, -0.2) is 70.0 Å². The first kappa shape index (κ1) is 33.8. The Kier molecular flexibility index (Phi) is 8.94. The van der Waals surface area contributed by atoms with Crippen LogP contribution in [-0.2, 0) is 29.2 Å².